The molecule has 0 bridgehead atoms. The van der Waals surface area contributed by atoms with Crippen molar-refractivity contribution in [3.8, 4) is 9.88 Å². The van der Waals surface area contributed by atoms with Crippen LogP contribution in [-0.4, -0.2) is 16.8 Å². The molecule has 0 saturated carbocycles. The van der Waals surface area contributed by atoms with Crippen LogP contribution in [0.25, 0.3) is 9.88 Å². The van der Waals surface area contributed by atoms with Crippen molar-refractivity contribution in [3.05, 3.63) is 58.6 Å². The maximum Gasteiger partial charge on any atom is 0.268 e. The summed E-state index contributed by atoms with van der Waals surface area (Å²) in [5, 5.41) is 5.92. The molecule has 0 fully saturated rings. The Morgan fingerprint density at radius 1 is 1.13 bits per heavy atom. The highest BCUT2D eigenvalue weighted by Crippen LogP contribution is 2.33. The number of thiazole rings is 1. The molecule has 0 aliphatic carbocycles. The first-order valence-corrected chi connectivity index (χ1v) is 8.46. The Morgan fingerprint density at radius 2 is 1.87 bits per heavy atom. The van der Waals surface area contributed by atoms with Crippen LogP contribution in [-0.2, 0) is 0 Å². The molecule has 116 valence electrons. The van der Waals surface area contributed by atoms with Crippen LogP contribution in [0, 0.1) is 6.92 Å². The number of thiophene rings is 1. The highest BCUT2D eigenvalue weighted by molar-refractivity contribution is 7.23. The minimum atomic E-state index is -0.544. The number of amides is 2. The predicted molar refractivity (Wildman–Crippen MR) is 93.1 cm³/mol. The van der Waals surface area contributed by atoms with E-state index in [0.717, 1.165) is 15.4 Å². The van der Waals surface area contributed by atoms with Crippen molar-refractivity contribution in [2.75, 3.05) is 5.32 Å². The Balaban J connectivity index is 1.75. The van der Waals surface area contributed by atoms with E-state index < -0.39 is 5.91 Å². The Hall–Kier alpha value is -2.51. The van der Waals surface area contributed by atoms with E-state index >= 15 is 0 Å². The number of primary amides is 1. The number of aryl methyl sites for hydroxylation is 1. The van der Waals surface area contributed by atoms with Gasteiger partial charge < -0.3 is 11.1 Å². The number of carbonyl (C=O) groups excluding carboxylic acids is 2. The van der Waals surface area contributed by atoms with Gasteiger partial charge in [0.15, 0.2) is 0 Å². The second kappa shape index (κ2) is 6.31. The topological polar surface area (TPSA) is 85.1 Å². The zero-order valence-corrected chi connectivity index (χ0v) is 13.8. The summed E-state index contributed by atoms with van der Waals surface area (Å²) in [7, 11) is 0. The molecule has 0 aliphatic rings. The Bertz CT molecular complexity index is 866. The molecular formula is C16H13N3O2S2. The van der Waals surface area contributed by atoms with E-state index in [4.69, 9.17) is 5.73 Å². The maximum atomic E-state index is 12.2. The molecule has 7 heteroatoms. The maximum absolute atomic E-state index is 12.2. The van der Waals surface area contributed by atoms with Crippen molar-refractivity contribution in [2.24, 2.45) is 5.73 Å². The first-order valence-electron chi connectivity index (χ1n) is 6.76. The highest BCUT2D eigenvalue weighted by atomic mass is 32.1. The van der Waals surface area contributed by atoms with Crippen LogP contribution in [0.1, 0.15) is 26.4 Å². The number of nitrogens with zero attached hydrogens (tertiary/aromatic N) is 1. The van der Waals surface area contributed by atoms with Crippen molar-refractivity contribution in [2.45, 2.75) is 6.92 Å². The van der Waals surface area contributed by atoms with Gasteiger partial charge in [-0.1, -0.05) is 17.7 Å². The molecule has 1 aromatic carbocycles. The Labute approximate surface area is 140 Å². The summed E-state index contributed by atoms with van der Waals surface area (Å²) in [4.78, 5) is 28.3. The van der Waals surface area contributed by atoms with Gasteiger partial charge in [-0.2, -0.15) is 0 Å². The molecule has 23 heavy (non-hydrogen) atoms. The average Bonchev–Trinajstić information content (AvgIpc) is 3.16. The molecule has 0 spiro atoms. The van der Waals surface area contributed by atoms with Crippen LogP contribution in [0.2, 0.25) is 0 Å². The van der Waals surface area contributed by atoms with Gasteiger partial charge in [0.05, 0.1) is 9.88 Å². The van der Waals surface area contributed by atoms with Gasteiger partial charge in [0.2, 0.25) is 0 Å². The van der Waals surface area contributed by atoms with Gasteiger partial charge in [-0.15, -0.1) is 22.7 Å². The number of aromatic nitrogens is 1. The normalized spacial score (nSPS) is 10.5. The first-order chi connectivity index (χ1) is 11.0. The second-order valence-corrected chi connectivity index (χ2v) is 6.83. The van der Waals surface area contributed by atoms with Crippen molar-refractivity contribution in [3.63, 3.8) is 0 Å². The smallest absolute Gasteiger partial charge is 0.268 e. The van der Waals surface area contributed by atoms with E-state index in [-0.39, 0.29) is 11.6 Å². The third kappa shape index (κ3) is 3.46. The summed E-state index contributed by atoms with van der Waals surface area (Å²) in [6.45, 7) is 1.97. The number of nitrogens with one attached hydrogen (secondary N) is 1. The molecule has 2 amide bonds. The van der Waals surface area contributed by atoms with Gasteiger partial charge in [-0.05, 0) is 31.2 Å². The Kier molecular flexibility index (Phi) is 4.22. The van der Waals surface area contributed by atoms with E-state index in [1.807, 2.05) is 31.2 Å². The molecule has 0 atom stereocenters. The van der Waals surface area contributed by atoms with E-state index in [9.17, 15) is 9.59 Å². The summed E-state index contributed by atoms with van der Waals surface area (Å²) in [5.74, 6) is -0.702. The van der Waals surface area contributed by atoms with Crippen molar-refractivity contribution < 1.29 is 9.59 Å². The molecule has 0 radical (unpaired) electrons. The SMILES string of the molecule is Cc1ccc(C(=O)Nc2ccc(-c3nc(C(N)=O)cs3)s2)cc1. The molecule has 3 rings (SSSR count). The lowest BCUT2D eigenvalue weighted by atomic mass is 10.1. The zero-order chi connectivity index (χ0) is 16.4. The lowest BCUT2D eigenvalue weighted by Gasteiger charge is -2.02. The monoisotopic (exact) mass is 343 g/mol. The van der Waals surface area contributed by atoms with E-state index in [0.29, 0.717) is 10.6 Å². The fourth-order valence-electron chi connectivity index (χ4n) is 1.91. The Morgan fingerprint density at radius 3 is 2.52 bits per heavy atom. The molecule has 0 aliphatic heterocycles. The molecule has 0 unspecified atom stereocenters. The number of nitrogens with two attached hydrogens (primary N) is 1. The van der Waals surface area contributed by atoms with Crippen LogP contribution in [0.5, 0.6) is 0 Å². The summed E-state index contributed by atoms with van der Waals surface area (Å²) in [5.41, 5.74) is 7.17. The summed E-state index contributed by atoms with van der Waals surface area (Å²) >= 11 is 2.75. The minimum absolute atomic E-state index is 0.157. The van der Waals surface area contributed by atoms with E-state index in [1.54, 1.807) is 17.5 Å². The third-order valence-electron chi connectivity index (χ3n) is 3.12. The highest BCUT2D eigenvalue weighted by Gasteiger charge is 2.12. The number of anilines is 1. The molecule has 2 heterocycles. The predicted octanol–water partition coefficient (Wildman–Crippen LogP) is 3.53. The van der Waals surface area contributed by atoms with Gasteiger partial charge in [0, 0.05) is 10.9 Å². The quantitative estimate of drug-likeness (QED) is 0.760. The van der Waals surface area contributed by atoms with Crippen LogP contribution >= 0.6 is 22.7 Å². The van der Waals surface area contributed by atoms with Gasteiger partial charge in [0.25, 0.3) is 11.8 Å². The lowest BCUT2D eigenvalue weighted by molar-refractivity contribution is 0.0994. The number of hydrogen-bond donors (Lipinski definition) is 2. The minimum Gasteiger partial charge on any atom is -0.364 e. The summed E-state index contributed by atoms with van der Waals surface area (Å²) in [6.07, 6.45) is 0. The second-order valence-electron chi connectivity index (χ2n) is 4.89. The molecule has 2 aromatic heterocycles. The lowest BCUT2D eigenvalue weighted by Crippen LogP contribution is -2.10. The fourth-order valence-corrected chi connectivity index (χ4v) is 3.69. The van der Waals surface area contributed by atoms with Crippen molar-refractivity contribution >= 4 is 39.5 Å². The molecule has 5 nitrogen and oxygen atoms in total. The fraction of sp³-hybridized carbons (Fsp3) is 0.0625. The van der Waals surface area contributed by atoms with E-state index in [1.165, 1.54) is 22.7 Å². The zero-order valence-electron chi connectivity index (χ0n) is 12.2. The largest absolute Gasteiger partial charge is 0.364 e. The first kappa shape index (κ1) is 15.4. The van der Waals surface area contributed by atoms with Crippen LogP contribution in [0.3, 0.4) is 0 Å². The average molecular weight is 343 g/mol. The number of hydrogen-bond acceptors (Lipinski definition) is 5. The van der Waals surface area contributed by atoms with Gasteiger partial charge in [-0.25, -0.2) is 4.98 Å². The molecule has 0 saturated heterocycles. The van der Waals surface area contributed by atoms with Crippen molar-refractivity contribution in [1.82, 2.24) is 4.98 Å². The van der Waals surface area contributed by atoms with Gasteiger partial charge in [-0.3, -0.25) is 9.59 Å². The number of rotatable bonds is 4. The van der Waals surface area contributed by atoms with Gasteiger partial charge >= 0.3 is 0 Å². The number of carbonyl (C=O) groups is 2. The summed E-state index contributed by atoms with van der Waals surface area (Å²) in [6, 6.07) is 11.1. The molecular weight excluding hydrogens is 330 g/mol. The van der Waals surface area contributed by atoms with Crippen LogP contribution in [0.4, 0.5) is 5.00 Å². The standard InChI is InChI=1S/C16H13N3O2S2/c1-9-2-4-10(5-3-9)15(21)19-13-7-6-12(23-13)16-18-11(8-22-16)14(17)20/h2-8H,1H3,(H2,17,20)(H,19,21). The number of benzene rings is 1. The van der Waals surface area contributed by atoms with Gasteiger partial charge in [0.1, 0.15) is 10.7 Å². The van der Waals surface area contributed by atoms with Crippen molar-refractivity contribution in [1.29, 1.82) is 0 Å². The van der Waals surface area contributed by atoms with E-state index in [2.05, 4.69) is 10.3 Å². The third-order valence-corrected chi connectivity index (χ3v) is 5.14. The molecule has 3 aromatic rings. The van der Waals surface area contributed by atoms with Crippen LogP contribution in [0.15, 0.2) is 41.8 Å². The molecule has 3 N–H and O–H groups in total. The van der Waals surface area contributed by atoms with Crippen LogP contribution < -0.4 is 11.1 Å². The summed E-state index contributed by atoms with van der Waals surface area (Å²) < 4.78 is 0.